The summed E-state index contributed by atoms with van der Waals surface area (Å²) in [4.78, 5) is 3.97. The van der Waals surface area contributed by atoms with Gasteiger partial charge in [0.25, 0.3) is 0 Å². The molecule has 0 N–H and O–H groups in total. The number of ether oxygens (including phenoxy) is 2. The Morgan fingerprint density at radius 3 is 2.94 bits per heavy atom. The number of nitrogens with zero attached hydrogens (tertiary/aromatic N) is 2. The van der Waals surface area contributed by atoms with Gasteiger partial charge in [-0.3, -0.25) is 4.98 Å². The number of halogens is 1. The minimum atomic E-state index is -0.980. The molecule has 0 amide bonds. The number of aromatic nitrogens is 1. The molecule has 1 aliphatic rings. The Hall–Kier alpha value is -1.93. The Labute approximate surface area is 105 Å². The maximum atomic E-state index is 14.3. The van der Waals surface area contributed by atoms with Crippen molar-refractivity contribution in [3.05, 3.63) is 35.9 Å². The van der Waals surface area contributed by atoms with E-state index >= 15 is 0 Å². The third-order valence-corrected chi connectivity index (χ3v) is 2.87. The fraction of sp³-hybridized carbons (Fsp3) is 0.385. The van der Waals surface area contributed by atoms with Gasteiger partial charge in [-0.15, -0.1) is 0 Å². The summed E-state index contributed by atoms with van der Waals surface area (Å²) in [7, 11) is 0. The van der Waals surface area contributed by atoms with Crippen molar-refractivity contribution in [3.63, 3.8) is 0 Å². The summed E-state index contributed by atoms with van der Waals surface area (Å²) < 4.78 is 24.5. The molecule has 0 atom stereocenters. The molecule has 2 rings (SSSR count). The van der Waals surface area contributed by atoms with E-state index in [2.05, 4.69) is 17.6 Å². The molecular weight excluding hydrogens is 235 g/mol. The van der Waals surface area contributed by atoms with Crippen LogP contribution in [0.2, 0.25) is 0 Å². The zero-order valence-electron chi connectivity index (χ0n) is 10.1. The van der Waals surface area contributed by atoms with Gasteiger partial charge in [0, 0.05) is 6.20 Å². The van der Waals surface area contributed by atoms with Crippen molar-refractivity contribution < 1.29 is 13.9 Å². The summed E-state index contributed by atoms with van der Waals surface area (Å²) in [6, 6.07) is 3.56. The molecule has 2 heterocycles. The Bertz CT molecular complexity index is 518. The van der Waals surface area contributed by atoms with Crippen molar-refractivity contribution >= 4 is 5.76 Å². The van der Waals surface area contributed by atoms with E-state index in [9.17, 15) is 4.39 Å². The second-order valence-corrected chi connectivity index (χ2v) is 4.06. The molecule has 0 spiro atoms. The first-order valence-electron chi connectivity index (χ1n) is 5.60. The number of hydrogen-bond donors (Lipinski definition) is 0. The fourth-order valence-corrected chi connectivity index (χ4v) is 1.81. The van der Waals surface area contributed by atoms with Crippen LogP contribution in [0.4, 0.5) is 4.39 Å². The number of rotatable bonds is 4. The third kappa shape index (κ3) is 1.85. The SMILES string of the molecule is C=C(OCC)c1ccnc(C2(C#N)COC2)c1F. The minimum absolute atomic E-state index is 0.106. The minimum Gasteiger partial charge on any atom is -0.494 e. The monoisotopic (exact) mass is 248 g/mol. The molecule has 1 aromatic rings. The van der Waals surface area contributed by atoms with Crippen molar-refractivity contribution in [3.8, 4) is 6.07 Å². The maximum Gasteiger partial charge on any atom is 0.157 e. The largest absolute Gasteiger partial charge is 0.494 e. The van der Waals surface area contributed by atoms with Crippen molar-refractivity contribution in [1.82, 2.24) is 4.98 Å². The first-order chi connectivity index (χ1) is 8.64. The summed E-state index contributed by atoms with van der Waals surface area (Å²) in [5.74, 6) is -0.312. The van der Waals surface area contributed by atoms with Crippen molar-refractivity contribution in [1.29, 1.82) is 5.26 Å². The molecule has 94 valence electrons. The Morgan fingerprint density at radius 1 is 1.72 bits per heavy atom. The lowest BCUT2D eigenvalue weighted by atomic mass is 9.83. The zero-order chi connectivity index (χ0) is 13.2. The fourth-order valence-electron chi connectivity index (χ4n) is 1.81. The lowest BCUT2D eigenvalue weighted by Gasteiger charge is -2.34. The second kappa shape index (κ2) is 4.75. The van der Waals surface area contributed by atoms with E-state index in [4.69, 9.17) is 14.7 Å². The maximum absolute atomic E-state index is 14.3. The van der Waals surface area contributed by atoms with Crippen LogP contribution in [0.1, 0.15) is 18.2 Å². The number of pyridine rings is 1. The van der Waals surface area contributed by atoms with Gasteiger partial charge in [-0.05, 0) is 13.0 Å². The molecule has 4 nitrogen and oxygen atoms in total. The van der Waals surface area contributed by atoms with E-state index in [1.54, 1.807) is 6.92 Å². The normalized spacial score (nSPS) is 16.5. The highest BCUT2D eigenvalue weighted by Gasteiger charge is 2.45. The quantitative estimate of drug-likeness (QED) is 0.765. The Balaban J connectivity index is 2.43. The molecule has 5 heteroatoms. The standard InChI is InChI=1S/C13H13FN2O2/c1-3-18-9(2)10-4-5-16-12(11(10)14)13(6-15)7-17-8-13/h4-5H,2-3,7-8H2,1H3. The average molecular weight is 248 g/mol. The highest BCUT2D eigenvalue weighted by molar-refractivity contribution is 5.59. The van der Waals surface area contributed by atoms with E-state index in [0.29, 0.717) is 6.61 Å². The summed E-state index contributed by atoms with van der Waals surface area (Å²) >= 11 is 0. The van der Waals surface area contributed by atoms with E-state index in [0.717, 1.165) is 0 Å². The van der Waals surface area contributed by atoms with Gasteiger partial charge in [-0.25, -0.2) is 4.39 Å². The third-order valence-electron chi connectivity index (χ3n) is 2.87. The summed E-state index contributed by atoms with van der Waals surface area (Å²) in [6.07, 6.45) is 1.45. The van der Waals surface area contributed by atoms with E-state index in [-0.39, 0.29) is 30.2 Å². The van der Waals surface area contributed by atoms with Gasteiger partial charge in [0.15, 0.2) is 5.82 Å². The van der Waals surface area contributed by atoms with Gasteiger partial charge in [-0.1, -0.05) is 6.58 Å². The molecule has 0 aromatic carbocycles. The summed E-state index contributed by atoms with van der Waals surface area (Å²) in [5, 5.41) is 9.16. The molecule has 18 heavy (non-hydrogen) atoms. The average Bonchev–Trinajstić information content (AvgIpc) is 2.30. The van der Waals surface area contributed by atoms with Crippen molar-refractivity contribution in [2.24, 2.45) is 0 Å². The predicted molar refractivity (Wildman–Crippen MR) is 63.0 cm³/mol. The van der Waals surface area contributed by atoms with Gasteiger partial charge >= 0.3 is 0 Å². The summed E-state index contributed by atoms with van der Waals surface area (Å²) in [6.45, 7) is 6.19. The number of nitriles is 1. The smallest absolute Gasteiger partial charge is 0.157 e. The van der Waals surface area contributed by atoms with Crippen LogP contribution < -0.4 is 0 Å². The molecular formula is C13H13FN2O2. The molecule has 0 unspecified atom stereocenters. The molecule has 0 bridgehead atoms. The highest BCUT2D eigenvalue weighted by Crippen LogP contribution is 2.34. The molecule has 1 saturated heterocycles. The Kier molecular flexibility index (Phi) is 3.30. The second-order valence-electron chi connectivity index (χ2n) is 4.06. The van der Waals surface area contributed by atoms with E-state index in [1.807, 2.05) is 0 Å². The summed E-state index contributed by atoms with van der Waals surface area (Å²) in [5.41, 5.74) is -0.634. The van der Waals surface area contributed by atoms with Crippen LogP contribution in [0.25, 0.3) is 5.76 Å². The van der Waals surface area contributed by atoms with Gasteiger partial charge in [0.05, 0.1) is 31.5 Å². The van der Waals surface area contributed by atoms with Gasteiger partial charge in [0.2, 0.25) is 0 Å². The molecule has 0 radical (unpaired) electrons. The van der Waals surface area contributed by atoms with E-state index in [1.165, 1.54) is 12.3 Å². The Morgan fingerprint density at radius 2 is 2.44 bits per heavy atom. The molecule has 0 saturated carbocycles. The van der Waals surface area contributed by atoms with Crippen LogP contribution in [-0.2, 0) is 14.9 Å². The van der Waals surface area contributed by atoms with Crippen LogP contribution in [0.5, 0.6) is 0 Å². The van der Waals surface area contributed by atoms with Gasteiger partial charge < -0.3 is 9.47 Å². The first-order valence-corrected chi connectivity index (χ1v) is 5.60. The molecule has 1 aromatic heterocycles. The van der Waals surface area contributed by atoms with Crippen LogP contribution in [0.15, 0.2) is 18.8 Å². The zero-order valence-corrected chi connectivity index (χ0v) is 10.1. The lowest BCUT2D eigenvalue weighted by Crippen LogP contribution is -2.46. The van der Waals surface area contributed by atoms with Crippen molar-refractivity contribution in [2.75, 3.05) is 19.8 Å². The number of hydrogen-bond acceptors (Lipinski definition) is 4. The highest BCUT2D eigenvalue weighted by atomic mass is 19.1. The van der Waals surface area contributed by atoms with Crippen molar-refractivity contribution in [2.45, 2.75) is 12.3 Å². The molecule has 0 aliphatic carbocycles. The van der Waals surface area contributed by atoms with Crippen LogP contribution in [-0.4, -0.2) is 24.8 Å². The van der Waals surface area contributed by atoms with Gasteiger partial charge in [0.1, 0.15) is 16.9 Å². The molecule has 1 fully saturated rings. The topological polar surface area (TPSA) is 55.1 Å². The van der Waals surface area contributed by atoms with Gasteiger partial charge in [-0.2, -0.15) is 5.26 Å². The van der Waals surface area contributed by atoms with Crippen LogP contribution >= 0.6 is 0 Å². The van der Waals surface area contributed by atoms with Crippen LogP contribution in [0.3, 0.4) is 0 Å². The predicted octanol–water partition coefficient (Wildman–Crippen LogP) is 2.02. The van der Waals surface area contributed by atoms with E-state index < -0.39 is 11.2 Å². The first kappa shape index (κ1) is 12.5. The molecule has 1 aliphatic heterocycles. The lowest BCUT2D eigenvalue weighted by molar-refractivity contribution is -0.0334. The van der Waals surface area contributed by atoms with Crippen LogP contribution in [0, 0.1) is 17.1 Å².